The molecule has 14 heavy (non-hydrogen) atoms. The molecule has 0 aliphatic heterocycles. The summed E-state index contributed by atoms with van der Waals surface area (Å²) in [4.78, 5) is 3.29. The third-order valence-corrected chi connectivity index (χ3v) is 2.61. The van der Waals surface area contributed by atoms with Gasteiger partial charge in [0.1, 0.15) is 0 Å². The van der Waals surface area contributed by atoms with Crippen molar-refractivity contribution in [1.82, 2.24) is 0 Å². The molecular formula is C12H7N2+. The van der Waals surface area contributed by atoms with Crippen LogP contribution in [0.3, 0.4) is 0 Å². The van der Waals surface area contributed by atoms with E-state index in [-0.39, 0.29) is 0 Å². The van der Waals surface area contributed by atoms with Gasteiger partial charge in [0.15, 0.2) is 4.98 Å². The summed E-state index contributed by atoms with van der Waals surface area (Å²) in [6, 6.07) is 12.1. The standard InChI is InChI=1S/C12H7N2/c13-14-11-7-9-5-1-3-8-4-2-6-10(11)12(8)9/h1-7H/q+1. The van der Waals surface area contributed by atoms with Crippen molar-refractivity contribution >= 4 is 22.5 Å². The first kappa shape index (κ1) is 7.28. The minimum atomic E-state index is 0.650. The number of hydrogen-bond acceptors (Lipinski definition) is 1. The maximum Gasteiger partial charge on any atom is 0.393 e. The molecule has 0 atom stereocenters. The monoisotopic (exact) mass is 179 g/mol. The van der Waals surface area contributed by atoms with Crippen LogP contribution in [0.25, 0.3) is 27.5 Å². The lowest BCUT2D eigenvalue weighted by Gasteiger charge is -1.98. The van der Waals surface area contributed by atoms with Crippen LogP contribution in [0.15, 0.2) is 36.4 Å². The fourth-order valence-corrected chi connectivity index (χ4v) is 2.01. The van der Waals surface area contributed by atoms with Gasteiger partial charge in [0.05, 0.1) is 5.56 Å². The lowest BCUT2D eigenvalue weighted by Crippen LogP contribution is -1.78. The predicted molar refractivity (Wildman–Crippen MR) is 56.9 cm³/mol. The van der Waals surface area contributed by atoms with Crippen LogP contribution in [-0.4, -0.2) is 0 Å². The van der Waals surface area contributed by atoms with Crippen molar-refractivity contribution in [2.24, 2.45) is 0 Å². The molecule has 2 aromatic rings. The van der Waals surface area contributed by atoms with Crippen molar-refractivity contribution < 1.29 is 0 Å². The molecule has 3 rings (SSSR count). The van der Waals surface area contributed by atoms with Gasteiger partial charge in [-0.05, 0) is 17.0 Å². The number of diazo groups is 1. The maximum absolute atomic E-state index is 8.85. The van der Waals surface area contributed by atoms with Gasteiger partial charge in [-0.2, -0.15) is 0 Å². The Hall–Kier alpha value is -2.14. The number of rotatable bonds is 0. The second-order valence-corrected chi connectivity index (χ2v) is 3.38. The summed E-state index contributed by atoms with van der Waals surface area (Å²) in [5.74, 6) is 0. The zero-order chi connectivity index (χ0) is 9.54. The SMILES string of the molecule is N#[N+]C1=Cc2cccc3cccc1c23. The molecule has 0 spiro atoms. The average molecular weight is 179 g/mol. The summed E-state index contributed by atoms with van der Waals surface area (Å²) in [5.41, 5.74) is 2.79. The molecule has 0 fully saturated rings. The van der Waals surface area contributed by atoms with Gasteiger partial charge in [0.2, 0.25) is 5.39 Å². The third kappa shape index (κ3) is 0.763. The van der Waals surface area contributed by atoms with Gasteiger partial charge < -0.3 is 0 Å². The van der Waals surface area contributed by atoms with E-state index < -0.39 is 0 Å². The van der Waals surface area contributed by atoms with Crippen LogP contribution in [0.5, 0.6) is 0 Å². The Balaban J connectivity index is 2.54. The molecule has 2 nitrogen and oxygen atoms in total. The number of benzene rings is 2. The summed E-state index contributed by atoms with van der Waals surface area (Å²) in [5, 5.41) is 11.2. The van der Waals surface area contributed by atoms with Gasteiger partial charge in [0.25, 0.3) is 0 Å². The highest BCUT2D eigenvalue weighted by Gasteiger charge is 2.24. The van der Waals surface area contributed by atoms with Gasteiger partial charge in [-0.1, -0.05) is 30.3 Å². The molecule has 0 aromatic heterocycles. The molecule has 0 bridgehead atoms. The molecule has 0 saturated carbocycles. The largest absolute Gasteiger partial charge is 0.393 e. The van der Waals surface area contributed by atoms with E-state index in [2.05, 4.69) is 17.1 Å². The molecule has 0 saturated heterocycles. The summed E-state index contributed by atoms with van der Waals surface area (Å²) < 4.78 is 0. The topological polar surface area (TPSA) is 28.1 Å². The smallest absolute Gasteiger partial charge is 0.0610 e. The predicted octanol–water partition coefficient (Wildman–Crippen LogP) is 3.50. The van der Waals surface area contributed by atoms with Crippen LogP contribution >= 0.6 is 0 Å². The first-order valence-electron chi connectivity index (χ1n) is 4.49. The van der Waals surface area contributed by atoms with Crippen molar-refractivity contribution in [3.05, 3.63) is 52.5 Å². The van der Waals surface area contributed by atoms with E-state index in [0.29, 0.717) is 5.70 Å². The zero-order valence-corrected chi connectivity index (χ0v) is 7.44. The maximum atomic E-state index is 8.85. The van der Waals surface area contributed by atoms with Crippen LogP contribution in [0, 0.1) is 5.39 Å². The lowest BCUT2D eigenvalue weighted by molar-refractivity contribution is 1.48. The molecule has 0 amide bonds. The quantitative estimate of drug-likeness (QED) is 0.569. The molecule has 0 unspecified atom stereocenters. The Kier molecular flexibility index (Phi) is 1.26. The highest BCUT2D eigenvalue weighted by Crippen LogP contribution is 2.36. The minimum absolute atomic E-state index is 0.650. The van der Waals surface area contributed by atoms with Gasteiger partial charge in [-0.15, -0.1) is 0 Å². The molecule has 0 N–H and O–H groups in total. The third-order valence-electron chi connectivity index (χ3n) is 2.61. The molecule has 0 radical (unpaired) electrons. The van der Waals surface area contributed by atoms with E-state index in [1.165, 1.54) is 10.8 Å². The fourth-order valence-electron chi connectivity index (χ4n) is 2.01. The fraction of sp³-hybridized carbons (Fsp3) is 0. The Morgan fingerprint density at radius 3 is 2.57 bits per heavy atom. The number of hydrogen-bond donors (Lipinski definition) is 0. The summed E-state index contributed by atoms with van der Waals surface area (Å²) >= 11 is 0. The van der Waals surface area contributed by atoms with Gasteiger partial charge in [-0.3, -0.25) is 0 Å². The van der Waals surface area contributed by atoms with E-state index in [9.17, 15) is 0 Å². The van der Waals surface area contributed by atoms with Crippen molar-refractivity contribution in [2.45, 2.75) is 0 Å². The van der Waals surface area contributed by atoms with Gasteiger partial charge in [-0.25, -0.2) is 0 Å². The van der Waals surface area contributed by atoms with Gasteiger partial charge >= 0.3 is 5.70 Å². The minimum Gasteiger partial charge on any atom is -0.0610 e. The Bertz CT molecular complexity index is 598. The van der Waals surface area contributed by atoms with E-state index in [4.69, 9.17) is 5.39 Å². The Morgan fingerprint density at radius 2 is 1.79 bits per heavy atom. The van der Waals surface area contributed by atoms with Crippen LogP contribution in [0.2, 0.25) is 0 Å². The summed E-state index contributed by atoms with van der Waals surface area (Å²) in [7, 11) is 0. The van der Waals surface area contributed by atoms with Crippen LogP contribution in [-0.2, 0) is 0 Å². The van der Waals surface area contributed by atoms with E-state index in [0.717, 1.165) is 11.1 Å². The lowest BCUT2D eigenvalue weighted by atomic mass is 10.0. The number of nitrogens with zero attached hydrogens (tertiary/aromatic N) is 2. The van der Waals surface area contributed by atoms with E-state index >= 15 is 0 Å². The highest BCUT2D eigenvalue weighted by molar-refractivity contribution is 6.10. The van der Waals surface area contributed by atoms with Crippen molar-refractivity contribution in [2.75, 3.05) is 0 Å². The molecule has 0 heterocycles. The van der Waals surface area contributed by atoms with Crippen LogP contribution in [0.4, 0.5) is 0 Å². The first-order valence-corrected chi connectivity index (χ1v) is 4.49. The van der Waals surface area contributed by atoms with E-state index in [1.807, 2.05) is 30.3 Å². The molecular weight excluding hydrogens is 172 g/mol. The molecule has 1 aliphatic rings. The van der Waals surface area contributed by atoms with Crippen LogP contribution in [0.1, 0.15) is 11.1 Å². The average Bonchev–Trinajstić information content (AvgIpc) is 2.60. The second kappa shape index (κ2) is 2.43. The molecule has 2 heteroatoms. The second-order valence-electron chi connectivity index (χ2n) is 3.38. The molecule has 1 aliphatic carbocycles. The van der Waals surface area contributed by atoms with Crippen molar-refractivity contribution in [3.63, 3.8) is 0 Å². The highest BCUT2D eigenvalue weighted by atomic mass is 14.9. The first-order chi connectivity index (χ1) is 6.90. The summed E-state index contributed by atoms with van der Waals surface area (Å²) in [6.07, 6.45) is 1.90. The Morgan fingerprint density at radius 1 is 1.00 bits per heavy atom. The van der Waals surface area contributed by atoms with E-state index in [1.54, 1.807) is 0 Å². The zero-order valence-electron chi connectivity index (χ0n) is 7.44. The molecule has 64 valence electrons. The van der Waals surface area contributed by atoms with Crippen molar-refractivity contribution in [1.29, 1.82) is 5.39 Å². The normalized spacial score (nSPS) is 12.6. The van der Waals surface area contributed by atoms with Crippen LogP contribution < -0.4 is 0 Å². The van der Waals surface area contributed by atoms with Crippen molar-refractivity contribution in [3.8, 4) is 0 Å². The van der Waals surface area contributed by atoms with Gasteiger partial charge in [0, 0.05) is 11.5 Å². The summed E-state index contributed by atoms with van der Waals surface area (Å²) in [6.45, 7) is 0. The Labute approximate surface area is 81.1 Å². The molecule has 2 aromatic carbocycles.